The fourth-order valence-corrected chi connectivity index (χ4v) is 9.52. The molecule has 2 amide bonds. The number of carbonyl (C=O) groups excluding carboxylic acids is 2. The maximum absolute atomic E-state index is 12.6. The summed E-state index contributed by atoms with van der Waals surface area (Å²) < 4.78 is 33.9. The normalized spacial score (nSPS) is 16.9. The van der Waals surface area contributed by atoms with E-state index in [9.17, 15) is 29.4 Å². The molecule has 2 aliphatic heterocycles. The van der Waals surface area contributed by atoms with Crippen molar-refractivity contribution >= 4 is 24.1 Å². The van der Waals surface area contributed by atoms with Crippen LogP contribution in [0.15, 0.2) is 148 Å². The number of aromatic nitrogens is 2. The highest BCUT2D eigenvalue weighted by molar-refractivity contribution is 5.76. The lowest BCUT2D eigenvalue weighted by atomic mass is 9.90. The number of aryl methyl sites for hydroxylation is 4. The summed E-state index contributed by atoms with van der Waals surface area (Å²) in [7, 11) is 0. The molecule has 2 fully saturated rings. The van der Waals surface area contributed by atoms with Crippen molar-refractivity contribution in [2.75, 3.05) is 46.0 Å². The first kappa shape index (κ1) is 53.9. The van der Waals surface area contributed by atoms with Crippen molar-refractivity contribution in [2.45, 2.75) is 59.3 Å². The lowest BCUT2D eigenvalue weighted by Crippen LogP contribution is -2.32. The topological polar surface area (TPSA) is 204 Å². The van der Waals surface area contributed by atoms with Crippen molar-refractivity contribution in [3.05, 3.63) is 174 Å². The maximum atomic E-state index is 12.6. The van der Waals surface area contributed by atoms with Crippen molar-refractivity contribution in [2.24, 2.45) is 23.7 Å². The van der Waals surface area contributed by atoms with E-state index in [0.29, 0.717) is 75.9 Å². The fraction of sp³-hybridized carbons (Fsp3) is 0.333. The van der Waals surface area contributed by atoms with Gasteiger partial charge in [0.25, 0.3) is 0 Å². The van der Waals surface area contributed by atoms with Gasteiger partial charge in [-0.05, 0) is 130 Å². The number of oxazole rings is 2. The molecule has 4 atom stereocenters. The molecule has 5 aromatic carbocycles. The molecule has 2 saturated heterocycles. The summed E-state index contributed by atoms with van der Waals surface area (Å²) in [4.78, 5) is 60.4. The number of carboxylic acids is 2. The van der Waals surface area contributed by atoms with Gasteiger partial charge in [0.05, 0.1) is 43.0 Å². The Balaban J connectivity index is 0.000000203. The van der Waals surface area contributed by atoms with E-state index in [1.807, 2.05) is 129 Å². The van der Waals surface area contributed by atoms with Crippen molar-refractivity contribution in [3.8, 4) is 40.2 Å². The Morgan fingerprint density at radius 1 is 0.526 bits per heavy atom. The van der Waals surface area contributed by atoms with Gasteiger partial charge in [-0.25, -0.2) is 19.6 Å². The number of benzene rings is 5. The Bertz CT molecular complexity index is 2980. The molecule has 396 valence electrons. The van der Waals surface area contributed by atoms with E-state index in [1.54, 1.807) is 31.2 Å². The summed E-state index contributed by atoms with van der Waals surface area (Å²) in [5, 5.41) is 19.3. The van der Waals surface area contributed by atoms with Gasteiger partial charge in [-0.2, -0.15) is 0 Å². The summed E-state index contributed by atoms with van der Waals surface area (Å²) in [5.74, 6) is 1.58. The largest absolute Gasteiger partial charge is 0.493 e. The molecular weight excluding hydrogens is 969 g/mol. The van der Waals surface area contributed by atoms with Gasteiger partial charge in [-0.3, -0.25) is 9.59 Å². The number of amides is 2. The molecular formula is C60H64N4O12. The Morgan fingerprint density at radius 3 is 1.34 bits per heavy atom. The van der Waals surface area contributed by atoms with Crippen LogP contribution in [-0.2, 0) is 40.0 Å². The maximum Gasteiger partial charge on any atom is 0.415 e. The zero-order valence-corrected chi connectivity index (χ0v) is 43.0. The molecule has 0 bridgehead atoms. The fourth-order valence-electron chi connectivity index (χ4n) is 9.52. The van der Waals surface area contributed by atoms with Crippen LogP contribution in [0.2, 0.25) is 0 Å². The molecule has 7 aromatic rings. The van der Waals surface area contributed by atoms with Crippen molar-refractivity contribution in [1.82, 2.24) is 19.8 Å². The van der Waals surface area contributed by atoms with Gasteiger partial charge in [-0.15, -0.1) is 0 Å². The number of hydrogen-bond donors (Lipinski definition) is 2. The smallest absolute Gasteiger partial charge is 0.415 e. The summed E-state index contributed by atoms with van der Waals surface area (Å²) in [6.45, 7) is 7.90. The van der Waals surface area contributed by atoms with Gasteiger partial charge in [0.1, 0.15) is 28.8 Å². The molecule has 76 heavy (non-hydrogen) atoms. The van der Waals surface area contributed by atoms with Crippen LogP contribution in [0.4, 0.5) is 9.59 Å². The third-order valence-electron chi connectivity index (χ3n) is 13.7. The molecule has 2 N–H and O–H groups in total. The van der Waals surface area contributed by atoms with E-state index in [-0.39, 0.29) is 31.5 Å². The molecule has 0 radical (unpaired) electrons. The number of hydrogen-bond acceptors (Lipinski definition) is 12. The van der Waals surface area contributed by atoms with E-state index >= 15 is 0 Å². The van der Waals surface area contributed by atoms with Gasteiger partial charge in [0.15, 0.2) is 0 Å². The van der Waals surface area contributed by atoms with Crippen LogP contribution >= 0.6 is 0 Å². The molecule has 16 nitrogen and oxygen atoms in total. The van der Waals surface area contributed by atoms with Gasteiger partial charge in [0, 0.05) is 50.1 Å². The third kappa shape index (κ3) is 14.7. The van der Waals surface area contributed by atoms with E-state index in [0.717, 1.165) is 63.1 Å². The summed E-state index contributed by atoms with van der Waals surface area (Å²) in [5.41, 5.74) is 5.83. The van der Waals surface area contributed by atoms with Gasteiger partial charge in [0.2, 0.25) is 11.8 Å². The molecule has 9 rings (SSSR count). The zero-order valence-electron chi connectivity index (χ0n) is 43.0. The molecule has 16 heteroatoms. The van der Waals surface area contributed by atoms with E-state index in [4.69, 9.17) is 27.8 Å². The summed E-state index contributed by atoms with van der Waals surface area (Å²) in [6, 6.07) is 44.1. The minimum Gasteiger partial charge on any atom is -0.493 e. The molecule has 0 unspecified atom stereocenters. The van der Waals surface area contributed by atoms with E-state index in [1.165, 1.54) is 9.80 Å². The Morgan fingerprint density at radius 2 is 0.934 bits per heavy atom. The minimum atomic E-state index is -0.887. The average Bonchev–Trinajstić information content (AvgIpc) is 4.25. The van der Waals surface area contributed by atoms with Crippen LogP contribution in [0.5, 0.6) is 17.2 Å². The Hall–Kier alpha value is -8.40. The second-order valence-corrected chi connectivity index (χ2v) is 18.9. The number of likely N-dealkylation sites (tertiary alicyclic amines) is 2. The monoisotopic (exact) mass is 1030 g/mol. The lowest BCUT2D eigenvalue weighted by molar-refractivity contribution is -0.143. The van der Waals surface area contributed by atoms with E-state index < -0.39 is 36.0 Å². The zero-order chi connectivity index (χ0) is 53.4. The number of nitrogens with zero attached hydrogens (tertiary/aromatic N) is 4. The quantitative estimate of drug-likeness (QED) is 0.0729. The molecule has 2 aliphatic rings. The molecule has 0 saturated carbocycles. The summed E-state index contributed by atoms with van der Waals surface area (Å²) in [6.07, 6.45) is 3.08. The third-order valence-corrected chi connectivity index (χ3v) is 13.7. The van der Waals surface area contributed by atoms with Crippen molar-refractivity contribution < 1.29 is 57.2 Å². The number of carboxylic acid groups (broad SMARTS) is 2. The molecule has 0 aliphatic carbocycles. The standard InChI is InChI=1S/C32H32N2O6.C28H32N2O6/c1-22-29(33-30(39-22)24-8-4-2-5-9-24)18-19-38-26-16-13-23(14-17-26)12-15-25-20-34(21-28(25)31(35)36)32(37)40-27-10-6-3-7-11-27;1-3-34-28(33)30-17-22(24(18-30)27(31)32)12-9-20-10-13-23(14-11-20)35-16-15-25-19(2)36-26(29-25)21-7-5-4-6-8-21/h2-11,13-14,16-17,25,28H,12,15,18-21H2,1H3,(H,35,36);4-8,10-11,13-14,22,24H,3,9,12,15-18H2,1-2H3,(H,31,32)/t25-,28+;22-,24+/m11/s1. The van der Waals surface area contributed by atoms with Crippen molar-refractivity contribution in [3.63, 3.8) is 0 Å². The number of para-hydroxylation sites is 1. The van der Waals surface area contributed by atoms with Crippen LogP contribution in [0.1, 0.15) is 53.8 Å². The first-order chi connectivity index (χ1) is 36.9. The number of carbonyl (C=O) groups is 4. The lowest BCUT2D eigenvalue weighted by Gasteiger charge is -2.16. The van der Waals surface area contributed by atoms with Gasteiger partial charge >= 0.3 is 24.1 Å². The second-order valence-electron chi connectivity index (χ2n) is 18.9. The second kappa shape index (κ2) is 26.2. The first-order valence-corrected chi connectivity index (χ1v) is 25.8. The summed E-state index contributed by atoms with van der Waals surface area (Å²) >= 11 is 0. The van der Waals surface area contributed by atoms with Crippen LogP contribution in [0, 0.1) is 37.5 Å². The van der Waals surface area contributed by atoms with Crippen LogP contribution in [0.3, 0.4) is 0 Å². The number of ether oxygens (including phenoxy) is 4. The van der Waals surface area contributed by atoms with Crippen LogP contribution < -0.4 is 14.2 Å². The average molecular weight is 1030 g/mol. The highest BCUT2D eigenvalue weighted by Gasteiger charge is 2.41. The van der Waals surface area contributed by atoms with Crippen LogP contribution in [-0.4, -0.2) is 100 Å². The van der Waals surface area contributed by atoms with Crippen LogP contribution in [0.25, 0.3) is 22.9 Å². The predicted molar refractivity (Wildman–Crippen MR) is 283 cm³/mol. The Kier molecular flexibility index (Phi) is 18.6. The molecule has 0 spiro atoms. The number of aliphatic carboxylic acids is 2. The van der Waals surface area contributed by atoms with E-state index in [2.05, 4.69) is 9.97 Å². The highest BCUT2D eigenvalue weighted by atomic mass is 16.6. The Labute approximate surface area is 442 Å². The molecule has 4 heterocycles. The van der Waals surface area contributed by atoms with Gasteiger partial charge in [-0.1, -0.05) is 78.9 Å². The van der Waals surface area contributed by atoms with Gasteiger partial charge < -0.3 is 47.8 Å². The minimum absolute atomic E-state index is 0.102. The SMILES string of the molecule is CCOC(=O)N1C[C@@H](CCc2ccc(OCCc3nc(-c4ccccc4)oc3C)cc2)[C@@H](C(=O)O)C1.Cc1oc(-c2ccccc2)nc1CCOc1ccc(CC[C@@H]2CN(C(=O)Oc3ccccc3)C[C@@H]2C(=O)O)cc1. The number of rotatable bonds is 20. The highest BCUT2D eigenvalue weighted by Crippen LogP contribution is 2.31. The predicted octanol–water partition coefficient (Wildman–Crippen LogP) is 11.0. The first-order valence-electron chi connectivity index (χ1n) is 25.8. The van der Waals surface area contributed by atoms with Crippen molar-refractivity contribution in [1.29, 1.82) is 0 Å². The molecule has 2 aromatic heterocycles.